The van der Waals surface area contributed by atoms with Crippen molar-refractivity contribution in [3.63, 3.8) is 0 Å². The minimum absolute atomic E-state index is 0.0234. The molecule has 6 heteroatoms. The number of ketones is 1. The number of benzene rings is 1. The fraction of sp³-hybridized carbons (Fsp3) is 0.455. The van der Waals surface area contributed by atoms with E-state index in [1.165, 1.54) is 5.56 Å². The zero-order chi connectivity index (χ0) is 20.8. The molecular weight excluding hydrogens is 354 g/mol. The highest BCUT2D eigenvalue weighted by atomic mass is 16.5. The average Bonchev–Trinajstić information content (AvgIpc) is 2.94. The maximum absolute atomic E-state index is 12.8. The molecule has 0 aliphatic heterocycles. The van der Waals surface area contributed by atoms with Crippen molar-refractivity contribution in [2.75, 3.05) is 41.3 Å². The number of aromatic nitrogens is 1. The summed E-state index contributed by atoms with van der Waals surface area (Å²) in [5.74, 6) is 0.951. The van der Waals surface area contributed by atoms with Gasteiger partial charge in [-0.2, -0.15) is 0 Å². The van der Waals surface area contributed by atoms with Gasteiger partial charge in [-0.15, -0.1) is 0 Å². The van der Waals surface area contributed by atoms with Gasteiger partial charge in [0.25, 0.3) is 5.91 Å². The van der Waals surface area contributed by atoms with Crippen LogP contribution in [0, 0.1) is 13.8 Å². The molecule has 1 aromatic heterocycles. The first-order valence-corrected chi connectivity index (χ1v) is 9.57. The monoisotopic (exact) mass is 386 g/mol. The Morgan fingerprint density at radius 3 is 2.32 bits per heavy atom. The summed E-state index contributed by atoms with van der Waals surface area (Å²) in [4.78, 5) is 27.1. The van der Waals surface area contributed by atoms with Crippen molar-refractivity contribution >= 4 is 11.7 Å². The van der Waals surface area contributed by atoms with E-state index in [0.717, 1.165) is 40.6 Å². The number of hydrogen-bond acceptors (Lipinski definition) is 3. The summed E-state index contributed by atoms with van der Waals surface area (Å²) in [6.07, 6.45) is 0.885. The van der Waals surface area contributed by atoms with E-state index in [4.69, 9.17) is 4.74 Å². The Bertz CT molecular complexity index is 822. The van der Waals surface area contributed by atoms with Gasteiger partial charge in [-0.1, -0.05) is 12.1 Å². The number of carbonyl (C=O) groups is 2. The van der Waals surface area contributed by atoms with Crippen molar-refractivity contribution < 1.29 is 19.2 Å². The maximum atomic E-state index is 12.8. The van der Waals surface area contributed by atoms with Gasteiger partial charge < -0.3 is 19.1 Å². The average molecular weight is 387 g/mol. The number of Topliss-reactive ketones (excluding diaryl/α,β-unsaturated/α-hetero) is 1. The van der Waals surface area contributed by atoms with Crippen LogP contribution < -0.4 is 9.64 Å². The summed E-state index contributed by atoms with van der Waals surface area (Å²) in [6.45, 7) is 5.47. The number of ether oxygens (including phenoxy) is 1. The van der Waals surface area contributed by atoms with Crippen LogP contribution in [-0.4, -0.2) is 62.5 Å². The van der Waals surface area contributed by atoms with Gasteiger partial charge in [0.2, 0.25) is 5.78 Å². The number of rotatable bonds is 9. The summed E-state index contributed by atoms with van der Waals surface area (Å²) in [6, 6.07) is 10.0. The molecule has 1 unspecified atom stereocenters. The molecule has 1 amide bonds. The molecule has 1 N–H and O–H groups in total. The van der Waals surface area contributed by atoms with Crippen molar-refractivity contribution in [3.8, 4) is 5.75 Å². The highest BCUT2D eigenvalue weighted by molar-refractivity contribution is 5.98. The maximum Gasteiger partial charge on any atom is 0.277 e. The van der Waals surface area contributed by atoms with E-state index in [2.05, 4.69) is 16.7 Å². The standard InChI is InChI=1S/C22H31N3O3/c1-16-13-20(21(26)14-24(5)15-22(27)23(3)4)17(2)25(16)12-11-18-7-9-19(28-6)10-8-18/h7-10,13H,11-12,14-15H2,1-6H3/p+1. The molecule has 6 nitrogen and oxygen atoms in total. The summed E-state index contributed by atoms with van der Waals surface area (Å²) >= 11 is 0. The Hall–Kier alpha value is -2.60. The lowest BCUT2D eigenvalue weighted by Gasteiger charge is -2.16. The molecule has 0 saturated carbocycles. The molecular formula is C22H32N3O3+. The Kier molecular flexibility index (Phi) is 7.40. The third-order valence-corrected chi connectivity index (χ3v) is 5.07. The van der Waals surface area contributed by atoms with E-state index < -0.39 is 0 Å². The summed E-state index contributed by atoms with van der Waals surface area (Å²) in [7, 11) is 7.00. The van der Waals surface area contributed by atoms with Crippen LogP contribution in [0.3, 0.4) is 0 Å². The zero-order valence-electron chi connectivity index (χ0n) is 17.8. The van der Waals surface area contributed by atoms with Crippen LogP contribution in [0.25, 0.3) is 0 Å². The molecule has 0 aliphatic rings. The first-order valence-electron chi connectivity index (χ1n) is 9.57. The third kappa shape index (κ3) is 5.45. The lowest BCUT2D eigenvalue weighted by Crippen LogP contribution is -3.11. The first-order chi connectivity index (χ1) is 13.2. The van der Waals surface area contributed by atoms with Gasteiger partial charge in [0.1, 0.15) is 12.3 Å². The zero-order valence-corrected chi connectivity index (χ0v) is 17.8. The van der Waals surface area contributed by atoms with Crippen LogP contribution in [0.1, 0.15) is 27.3 Å². The molecule has 0 saturated heterocycles. The molecule has 28 heavy (non-hydrogen) atoms. The molecule has 0 spiro atoms. The number of carbonyl (C=O) groups excluding carboxylic acids is 2. The van der Waals surface area contributed by atoms with Crippen LogP contribution in [-0.2, 0) is 17.8 Å². The Labute approximate surface area is 167 Å². The highest BCUT2D eigenvalue weighted by Gasteiger charge is 2.20. The highest BCUT2D eigenvalue weighted by Crippen LogP contribution is 2.17. The van der Waals surface area contributed by atoms with Gasteiger partial charge in [-0.3, -0.25) is 9.59 Å². The number of nitrogens with one attached hydrogen (secondary N) is 1. The van der Waals surface area contributed by atoms with Crippen LogP contribution in [0.15, 0.2) is 30.3 Å². The molecule has 0 bridgehead atoms. The molecule has 0 fully saturated rings. The number of quaternary nitrogens is 1. The molecule has 152 valence electrons. The third-order valence-electron chi connectivity index (χ3n) is 5.07. The van der Waals surface area contributed by atoms with Crippen LogP contribution >= 0.6 is 0 Å². The lowest BCUT2D eigenvalue weighted by molar-refractivity contribution is -0.862. The SMILES string of the molecule is COc1ccc(CCn2c(C)cc(C(=O)C[NH+](C)CC(=O)N(C)C)c2C)cc1. The van der Waals surface area contributed by atoms with Crippen LogP contribution in [0.2, 0.25) is 0 Å². The van der Waals surface area contributed by atoms with Crippen molar-refractivity contribution in [1.82, 2.24) is 9.47 Å². The normalized spacial score (nSPS) is 11.9. The number of nitrogens with zero attached hydrogens (tertiary/aromatic N) is 2. The fourth-order valence-electron chi connectivity index (χ4n) is 3.31. The predicted molar refractivity (Wildman–Crippen MR) is 110 cm³/mol. The van der Waals surface area contributed by atoms with Crippen LogP contribution in [0.4, 0.5) is 0 Å². The predicted octanol–water partition coefficient (Wildman–Crippen LogP) is 1.14. The number of aryl methyl sites for hydroxylation is 2. The van der Waals surface area contributed by atoms with E-state index in [1.54, 1.807) is 26.1 Å². The second-order valence-corrected chi connectivity index (χ2v) is 7.56. The molecule has 1 atom stereocenters. The molecule has 0 radical (unpaired) electrons. The molecule has 2 aromatic rings. The van der Waals surface area contributed by atoms with Gasteiger partial charge in [0.05, 0.1) is 14.2 Å². The largest absolute Gasteiger partial charge is 0.497 e. The Morgan fingerprint density at radius 1 is 1.11 bits per heavy atom. The first kappa shape index (κ1) is 21.7. The smallest absolute Gasteiger partial charge is 0.277 e. The topological polar surface area (TPSA) is 56.0 Å². The van der Waals surface area contributed by atoms with Gasteiger partial charge in [0.15, 0.2) is 6.54 Å². The number of hydrogen-bond donors (Lipinski definition) is 1. The van der Waals surface area contributed by atoms with E-state index in [-0.39, 0.29) is 11.7 Å². The Morgan fingerprint density at radius 2 is 1.75 bits per heavy atom. The summed E-state index contributed by atoms with van der Waals surface area (Å²) in [5.41, 5.74) is 4.05. The number of amides is 1. The van der Waals surface area contributed by atoms with E-state index in [1.807, 2.05) is 39.1 Å². The second-order valence-electron chi connectivity index (χ2n) is 7.56. The molecule has 2 rings (SSSR count). The second kappa shape index (κ2) is 9.55. The van der Waals surface area contributed by atoms with E-state index in [0.29, 0.717) is 13.1 Å². The number of likely N-dealkylation sites (N-methyl/N-ethyl adjacent to an activating group) is 2. The van der Waals surface area contributed by atoms with Gasteiger partial charge in [-0.25, -0.2) is 0 Å². The van der Waals surface area contributed by atoms with Crippen molar-refractivity contribution in [3.05, 3.63) is 52.8 Å². The van der Waals surface area contributed by atoms with Gasteiger partial charge in [0, 0.05) is 37.6 Å². The molecule has 1 aromatic carbocycles. The van der Waals surface area contributed by atoms with E-state index >= 15 is 0 Å². The molecule has 1 heterocycles. The molecule has 0 aliphatic carbocycles. The quantitative estimate of drug-likeness (QED) is 0.658. The van der Waals surface area contributed by atoms with Crippen molar-refractivity contribution in [1.29, 1.82) is 0 Å². The minimum Gasteiger partial charge on any atom is -0.497 e. The lowest BCUT2D eigenvalue weighted by atomic mass is 10.1. The van der Waals surface area contributed by atoms with Gasteiger partial charge >= 0.3 is 0 Å². The summed E-state index contributed by atoms with van der Waals surface area (Å²) in [5, 5.41) is 0. The number of methoxy groups -OCH3 is 1. The van der Waals surface area contributed by atoms with E-state index in [9.17, 15) is 9.59 Å². The van der Waals surface area contributed by atoms with Crippen molar-refractivity contribution in [2.45, 2.75) is 26.8 Å². The van der Waals surface area contributed by atoms with Gasteiger partial charge in [-0.05, 0) is 44.0 Å². The van der Waals surface area contributed by atoms with Crippen molar-refractivity contribution in [2.24, 2.45) is 0 Å². The Balaban J connectivity index is 2.03. The fourth-order valence-corrected chi connectivity index (χ4v) is 3.31. The van der Waals surface area contributed by atoms with Crippen LogP contribution in [0.5, 0.6) is 5.75 Å². The summed E-state index contributed by atoms with van der Waals surface area (Å²) < 4.78 is 7.39. The minimum atomic E-state index is 0.0234.